The fourth-order valence-electron chi connectivity index (χ4n) is 1.84. The summed E-state index contributed by atoms with van der Waals surface area (Å²) in [4.78, 5) is 14.0. The van der Waals surface area contributed by atoms with Crippen molar-refractivity contribution in [2.45, 2.75) is 27.7 Å². The number of hydrogen-bond donors (Lipinski definition) is 1. The summed E-state index contributed by atoms with van der Waals surface area (Å²) in [6.45, 7) is 10.4. The first kappa shape index (κ1) is 17.2. The molecule has 1 aromatic carbocycles. The Labute approximate surface area is 122 Å². The molecule has 0 fully saturated rings. The van der Waals surface area contributed by atoms with Crippen molar-refractivity contribution >= 4 is 30.5 Å². The van der Waals surface area contributed by atoms with Crippen molar-refractivity contribution in [3.05, 3.63) is 29.3 Å². The Morgan fingerprint density at radius 1 is 1.17 bits per heavy atom. The molecule has 1 N–H and O–H groups in total. The molecule has 3 nitrogen and oxygen atoms in total. The second kappa shape index (κ2) is 8.37. The van der Waals surface area contributed by atoms with Gasteiger partial charge >= 0.3 is 18.9 Å². The number of carbonyl (C=O) groups is 1. The average molecular weight is 242 g/mol. The second-order valence-corrected chi connectivity index (χ2v) is 4.28. The van der Waals surface area contributed by atoms with Gasteiger partial charge in [0.25, 0.3) is 0 Å². The molecule has 0 unspecified atom stereocenters. The normalized spacial score (nSPS) is 10.1. The van der Waals surface area contributed by atoms with Crippen LogP contribution in [0.3, 0.4) is 0 Å². The van der Waals surface area contributed by atoms with Gasteiger partial charge < -0.3 is 5.32 Å². The van der Waals surface area contributed by atoms with E-state index in [0.717, 1.165) is 29.9 Å². The van der Waals surface area contributed by atoms with E-state index in [1.807, 2.05) is 32.0 Å². The van der Waals surface area contributed by atoms with Crippen molar-refractivity contribution in [3.8, 4) is 0 Å². The van der Waals surface area contributed by atoms with E-state index in [0.29, 0.717) is 6.54 Å². The fraction of sp³-hybridized carbons (Fsp3) is 0.500. The minimum absolute atomic E-state index is 0. The van der Waals surface area contributed by atoms with Gasteiger partial charge in [0.15, 0.2) is 0 Å². The van der Waals surface area contributed by atoms with Gasteiger partial charge in [-0.3, -0.25) is 9.69 Å². The van der Waals surface area contributed by atoms with E-state index in [1.165, 1.54) is 0 Å². The molecular formula is C14H23LiN2O. The summed E-state index contributed by atoms with van der Waals surface area (Å²) in [7, 11) is 0. The van der Waals surface area contributed by atoms with Crippen LogP contribution in [0.2, 0.25) is 0 Å². The first-order valence-electron chi connectivity index (χ1n) is 6.16. The Hall–Kier alpha value is -0.753. The van der Waals surface area contributed by atoms with Crippen LogP contribution in [-0.4, -0.2) is 49.3 Å². The molecule has 0 aliphatic rings. The van der Waals surface area contributed by atoms with Gasteiger partial charge in [-0.2, -0.15) is 0 Å². The number of rotatable bonds is 5. The predicted octanol–water partition coefficient (Wildman–Crippen LogP) is 1.94. The summed E-state index contributed by atoms with van der Waals surface area (Å²) in [5.41, 5.74) is 3.17. The van der Waals surface area contributed by atoms with Crippen LogP contribution >= 0.6 is 0 Å². The zero-order valence-corrected chi connectivity index (χ0v) is 11.2. The van der Waals surface area contributed by atoms with Gasteiger partial charge in [-0.05, 0) is 38.1 Å². The molecule has 0 spiro atoms. The average Bonchev–Trinajstić information content (AvgIpc) is 2.31. The van der Waals surface area contributed by atoms with E-state index in [1.54, 1.807) is 0 Å². The Balaban J connectivity index is 0.00000289. The molecule has 0 bridgehead atoms. The Bertz CT molecular complexity index is 369. The molecule has 0 aliphatic heterocycles. The van der Waals surface area contributed by atoms with E-state index < -0.39 is 0 Å². The maximum absolute atomic E-state index is 11.9. The molecule has 1 aromatic rings. The van der Waals surface area contributed by atoms with Crippen LogP contribution < -0.4 is 5.32 Å². The Morgan fingerprint density at radius 3 is 2.11 bits per heavy atom. The third-order valence-electron chi connectivity index (χ3n) is 3.01. The van der Waals surface area contributed by atoms with Gasteiger partial charge in [-0.1, -0.05) is 32.0 Å². The van der Waals surface area contributed by atoms with Crippen LogP contribution in [-0.2, 0) is 4.79 Å². The van der Waals surface area contributed by atoms with Crippen molar-refractivity contribution in [3.63, 3.8) is 0 Å². The number of para-hydroxylation sites is 1. The van der Waals surface area contributed by atoms with Gasteiger partial charge in [-0.25, -0.2) is 0 Å². The minimum atomic E-state index is 0. The quantitative estimate of drug-likeness (QED) is 0.800. The summed E-state index contributed by atoms with van der Waals surface area (Å²) in [6, 6.07) is 6.03. The molecule has 0 aliphatic carbocycles. The molecule has 1 rings (SSSR count). The van der Waals surface area contributed by atoms with Gasteiger partial charge in [-0.15, -0.1) is 0 Å². The van der Waals surface area contributed by atoms with Crippen LogP contribution in [0.25, 0.3) is 0 Å². The molecule has 1 amide bonds. The molecule has 0 saturated carbocycles. The topological polar surface area (TPSA) is 32.3 Å². The van der Waals surface area contributed by atoms with Crippen LogP contribution in [0.1, 0.15) is 25.0 Å². The molecule has 0 atom stereocenters. The third kappa shape index (κ3) is 4.86. The molecular weight excluding hydrogens is 219 g/mol. The van der Waals surface area contributed by atoms with Gasteiger partial charge in [0.2, 0.25) is 5.91 Å². The van der Waals surface area contributed by atoms with Crippen molar-refractivity contribution in [2.75, 3.05) is 25.0 Å². The number of nitrogens with one attached hydrogen (secondary N) is 1. The van der Waals surface area contributed by atoms with Crippen molar-refractivity contribution in [1.82, 2.24) is 4.90 Å². The molecule has 96 valence electrons. The summed E-state index contributed by atoms with van der Waals surface area (Å²) < 4.78 is 0. The van der Waals surface area contributed by atoms with Crippen molar-refractivity contribution in [1.29, 1.82) is 0 Å². The molecule has 4 heteroatoms. The van der Waals surface area contributed by atoms with Crippen LogP contribution in [0.15, 0.2) is 18.2 Å². The number of aryl methyl sites for hydroxylation is 2. The van der Waals surface area contributed by atoms with E-state index in [-0.39, 0.29) is 24.8 Å². The number of benzene rings is 1. The van der Waals surface area contributed by atoms with E-state index >= 15 is 0 Å². The van der Waals surface area contributed by atoms with Gasteiger partial charge in [0.05, 0.1) is 6.54 Å². The first-order chi connectivity index (χ1) is 8.08. The van der Waals surface area contributed by atoms with Crippen LogP contribution in [0.5, 0.6) is 0 Å². The fourth-order valence-corrected chi connectivity index (χ4v) is 1.84. The SMILES string of the molecule is CCN(CC)CC(=O)Nc1c(C)cccc1C.[LiH]. The standard InChI is InChI=1S/C14H22N2O.Li.H/c1-5-16(6-2)10-13(17)15-14-11(3)8-7-9-12(14)4;;/h7-9H,5-6,10H2,1-4H3,(H,15,17);;. The number of nitrogens with zero attached hydrogens (tertiary/aromatic N) is 1. The van der Waals surface area contributed by atoms with Crippen molar-refractivity contribution < 1.29 is 4.79 Å². The second-order valence-electron chi connectivity index (χ2n) is 4.28. The maximum atomic E-state index is 11.9. The Kier molecular flexibility index (Phi) is 8.02. The van der Waals surface area contributed by atoms with Crippen LogP contribution in [0.4, 0.5) is 5.69 Å². The molecule has 0 aromatic heterocycles. The number of anilines is 1. The number of hydrogen-bond acceptors (Lipinski definition) is 2. The summed E-state index contributed by atoms with van der Waals surface area (Å²) in [6.07, 6.45) is 0. The number of amides is 1. The first-order valence-corrected chi connectivity index (χ1v) is 6.16. The van der Waals surface area contributed by atoms with Crippen LogP contribution in [0, 0.1) is 13.8 Å². The van der Waals surface area contributed by atoms with E-state index in [9.17, 15) is 4.79 Å². The number of carbonyl (C=O) groups excluding carboxylic acids is 1. The van der Waals surface area contributed by atoms with Gasteiger partial charge in [0.1, 0.15) is 0 Å². The number of likely N-dealkylation sites (N-methyl/N-ethyl adjacent to an activating group) is 1. The summed E-state index contributed by atoms with van der Waals surface area (Å²) >= 11 is 0. The Morgan fingerprint density at radius 2 is 1.67 bits per heavy atom. The summed E-state index contributed by atoms with van der Waals surface area (Å²) in [5, 5.41) is 3.00. The van der Waals surface area contributed by atoms with E-state index in [2.05, 4.69) is 24.1 Å². The molecule has 18 heavy (non-hydrogen) atoms. The summed E-state index contributed by atoms with van der Waals surface area (Å²) in [5.74, 6) is 0.0612. The molecule has 0 saturated heterocycles. The van der Waals surface area contributed by atoms with Gasteiger partial charge in [0, 0.05) is 5.69 Å². The van der Waals surface area contributed by atoms with Crippen molar-refractivity contribution in [2.24, 2.45) is 0 Å². The molecule has 0 heterocycles. The monoisotopic (exact) mass is 242 g/mol. The van der Waals surface area contributed by atoms with E-state index in [4.69, 9.17) is 0 Å². The molecule has 0 radical (unpaired) electrons. The predicted molar refractivity (Wildman–Crippen MR) is 79.5 cm³/mol. The third-order valence-corrected chi connectivity index (χ3v) is 3.01. The zero-order valence-electron chi connectivity index (χ0n) is 11.2. The zero-order chi connectivity index (χ0) is 12.8.